The van der Waals surface area contributed by atoms with E-state index < -0.39 is 0 Å². The van der Waals surface area contributed by atoms with Gasteiger partial charge in [-0.05, 0) is 65.5 Å². The summed E-state index contributed by atoms with van der Waals surface area (Å²) < 4.78 is 1.27. The van der Waals surface area contributed by atoms with Gasteiger partial charge in [-0.25, -0.2) is 0 Å². The molecule has 0 heterocycles. The molecule has 1 nitrogen and oxygen atoms in total. The van der Waals surface area contributed by atoms with Crippen molar-refractivity contribution in [3.63, 3.8) is 0 Å². The van der Waals surface area contributed by atoms with E-state index in [4.69, 9.17) is 0 Å². The first-order chi connectivity index (χ1) is 7.65. The van der Waals surface area contributed by atoms with Gasteiger partial charge in [-0.1, -0.05) is 19.1 Å². The molecule has 0 aromatic heterocycles. The van der Waals surface area contributed by atoms with Gasteiger partial charge in [-0.15, -0.1) is 0 Å². The van der Waals surface area contributed by atoms with Gasteiger partial charge in [-0.2, -0.15) is 0 Å². The van der Waals surface area contributed by atoms with Crippen LogP contribution in [0.5, 0.6) is 0 Å². The zero-order chi connectivity index (χ0) is 11.5. The lowest BCUT2D eigenvalue weighted by atomic mass is 9.95. The highest BCUT2D eigenvalue weighted by atomic mass is 127. The molecule has 2 heteroatoms. The number of ketones is 1. The molecular weight excluding hydrogens is 311 g/mol. The van der Waals surface area contributed by atoms with Crippen LogP contribution in [0, 0.1) is 15.4 Å². The molecule has 0 bridgehead atoms. The molecule has 0 radical (unpaired) electrons. The molecule has 1 saturated carbocycles. The molecule has 1 aliphatic rings. The second-order valence-corrected chi connectivity index (χ2v) is 6.13. The van der Waals surface area contributed by atoms with Crippen molar-refractivity contribution in [3.8, 4) is 0 Å². The van der Waals surface area contributed by atoms with Crippen molar-refractivity contribution in [1.82, 2.24) is 0 Å². The number of Topliss-reactive ketones (excluding diaryl/α,β-unsaturated/α-hetero) is 1. The molecule has 2 rings (SSSR count). The molecule has 0 N–H and O–H groups in total. The van der Waals surface area contributed by atoms with Gasteiger partial charge in [0.05, 0.1) is 0 Å². The van der Waals surface area contributed by atoms with E-state index in [1.165, 1.54) is 9.13 Å². The maximum Gasteiger partial charge on any atom is 0.136 e. The molecule has 1 aliphatic carbocycles. The zero-order valence-corrected chi connectivity index (χ0v) is 11.7. The second-order valence-electron chi connectivity index (χ2n) is 4.88. The van der Waals surface area contributed by atoms with Crippen LogP contribution in [-0.4, -0.2) is 5.78 Å². The highest BCUT2D eigenvalue weighted by Gasteiger charge is 2.29. The Kier molecular flexibility index (Phi) is 4.00. The summed E-state index contributed by atoms with van der Waals surface area (Å²) in [5.74, 6) is 1.38. The number of hydrogen-bond donors (Lipinski definition) is 0. The second kappa shape index (κ2) is 5.30. The summed E-state index contributed by atoms with van der Waals surface area (Å²) in [5, 5.41) is 0. The topological polar surface area (TPSA) is 17.1 Å². The van der Waals surface area contributed by atoms with Crippen molar-refractivity contribution in [3.05, 3.63) is 33.4 Å². The minimum Gasteiger partial charge on any atom is -0.299 e. The smallest absolute Gasteiger partial charge is 0.136 e. The van der Waals surface area contributed by atoms with Crippen molar-refractivity contribution < 1.29 is 4.79 Å². The molecule has 1 aromatic rings. The van der Waals surface area contributed by atoms with Crippen molar-refractivity contribution in [1.29, 1.82) is 0 Å². The van der Waals surface area contributed by atoms with E-state index in [-0.39, 0.29) is 0 Å². The van der Waals surface area contributed by atoms with E-state index in [0.29, 0.717) is 17.6 Å². The van der Waals surface area contributed by atoms with E-state index in [0.717, 1.165) is 25.7 Å². The van der Waals surface area contributed by atoms with E-state index in [1.54, 1.807) is 0 Å². The highest BCUT2D eigenvalue weighted by Crippen LogP contribution is 2.32. The van der Waals surface area contributed by atoms with Gasteiger partial charge in [0.2, 0.25) is 0 Å². The molecule has 1 aromatic carbocycles. The van der Waals surface area contributed by atoms with E-state index in [2.05, 4.69) is 53.8 Å². The Morgan fingerprint density at radius 2 is 2.00 bits per heavy atom. The molecule has 0 amide bonds. The fourth-order valence-electron chi connectivity index (χ4n) is 2.01. The number of rotatable bonds is 5. The first-order valence-corrected chi connectivity index (χ1v) is 7.00. The summed E-state index contributed by atoms with van der Waals surface area (Å²) in [6.07, 6.45) is 4.05. The highest BCUT2D eigenvalue weighted by molar-refractivity contribution is 14.1. The van der Waals surface area contributed by atoms with E-state index in [1.807, 2.05) is 0 Å². The predicted octanol–water partition coefficient (Wildman–Crippen LogP) is 3.84. The summed E-state index contributed by atoms with van der Waals surface area (Å²) in [4.78, 5) is 11.7. The van der Waals surface area contributed by atoms with Crippen molar-refractivity contribution in [2.45, 2.75) is 32.6 Å². The standard InChI is InChI=1S/C14H17IO/c1-10(9-14(16)12-4-5-12)8-11-2-6-13(15)7-3-11/h2-3,6-7,10,12H,4-5,8-9H2,1H3. The normalized spacial score (nSPS) is 17.1. The van der Waals surface area contributed by atoms with Crippen LogP contribution in [0.3, 0.4) is 0 Å². The Hall–Kier alpha value is -0.380. The van der Waals surface area contributed by atoms with Crippen molar-refractivity contribution >= 4 is 28.4 Å². The van der Waals surface area contributed by atoms with Crippen LogP contribution in [0.2, 0.25) is 0 Å². The minimum atomic E-state index is 0.416. The SMILES string of the molecule is CC(CC(=O)C1CC1)Cc1ccc(I)cc1. The molecular formula is C14H17IO. The monoisotopic (exact) mass is 328 g/mol. The summed E-state index contributed by atoms with van der Waals surface area (Å²) in [5.41, 5.74) is 1.34. The number of hydrogen-bond acceptors (Lipinski definition) is 1. The Morgan fingerprint density at radius 1 is 1.38 bits per heavy atom. The lowest BCUT2D eigenvalue weighted by Gasteiger charge is -2.10. The first kappa shape index (κ1) is 12.1. The van der Waals surface area contributed by atoms with Gasteiger partial charge < -0.3 is 0 Å². The van der Waals surface area contributed by atoms with Gasteiger partial charge in [0.1, 0.15) is 5.78 Å². The van der Waals surface area contributed by atoms with Crippen LogP contribution < -0.4 is 0 Å². The van der Waals surface area contributed by atoms with E-state index >= 15 is 0 Å². The summed E-state index contributed by atoms with van der Waals surface area (Å²) >= 11 is 2.31. The fourth-order valence-corrected chi connectivity index (χ4v) is 2.37. The minimum absolute atomic E-state index is 0.416. The van der Waals surface area contributed by atoms with Gasteiger partial charge in [-0.3, -0.25) is 4.79 Å². The predicted molar refractivity (Wildman–Crippen MR) is 74.4 cm³/mol. The van der Waals surface area contributed by atoms with Crippen LogP contribution >= 0.6 is 22.6 Å². The van der Waals surface area contributed by atoms with Crippen molar-refractivity contribution in [2.75, 3.05) is 0 Å². The van der Waals surface area contributed by atoms with Crippen LogP contribution in [-0.2, 0) is 11.2 Å². The maximum absolute atomic E-state index is 11.7. The third kappa shape index (κ3) is 3.58. The third-order valence-corrected chi connectivity index (χ3v) is 3.80. The summed E-state index contributed by atoms with van der Waals surface area (Å²) in [6, 6.07) is 8.59. The Balaban J connectivity index is 1.83. The third-order valence-electron chi connectivity index (χ3n) is 3.08. The quantitative estimate of drug-likeness (QED) is 0.751. The lowest BCUT2D eigenvalue weighted by Crippen LogP contribution is -2.09. The van der Waals surface area contributed by atoms with E-state index in [9.17, 15) is 4.79 Å². The van der Waals surface area contributed by atoms with Gasteiger partial charge >= 0.3 is 0 Å². The summed E-state index contributed by atoms with van der Waals surface area (Å²) in [7, 11) is 0. The Morgan fingerprint density at radius 3 is 2.56 bits per heavy atom. The summed E-state index contributed by atoms with van der Waals surface area (Å²) in [6.45, 7) is 2.18. The number of benzene rings is 1. The molecule has 86 valence electrons. The molecule has 0 spiro atoms. The zero-order valence-electron chi connectivity index (χ0n) is 9.58. The molecule has 1 atom stereocenters. The first-order valence-electron chi connectivity index (χ1n) is 5.92. The lowest BCUT2D eigenvalue weighted by molar-refractivity contribution is -0.121. The Labute approximate surface area is 111 Å². The van der Waals surface area contributed by atoms with Crippen molar-refractivity contribution in [2.24, 2.45) is 11.8 Å². The van der Waals surface area contributed by atoms with Gasteiger partial charge in [0.15, 0.2) is 0 Å². The average molecular weight is 328 g/mol. The van der Waals surface area contributed by atoms with Crippen LogP contribution in [0.1, 0.15) is 31.7 Å². The number of carbonyl (C=O) groups excluding carboxylic acids is 1. The molecule has 16 heavy (non-hydrogen) atoms. The van der Waals surface area contributed by atoms with Crippen LogP contribution in [0.15, 0.2) is 24.3 Å². The number of halogens is 1. The molecule has 0 aliphatic heterocycles. The fraction of sp³-hybridized carbons (Fsp3) is 0.500. The average Bonchev–Trinajstić information content (AvgIpc) is 3.04. The molecule has 0 saturated heterocycles. The molecule has 1 fully saturated rings. The maximum atomic E-state index is 11.7. The Bertz CT molecular complexity index is 365. The largest absolute Gasteiger partial charge is 0.299 e. The van der Waals surface area contributed by atoms with Crippen LogP contribution in [0.25, 0.3) is 0 Å². The molecule has 1 unspecified atom stereocenters. The van der Waals surface area contributed by atoms with Gasteiger partial charge in [0, 0.05) is 15.9 Å². The van der Waals surface area contributed by atoms with Gasteiger partial charge in [0.25, 0.3) is 0 Å². The van der Waals surface area contributed by atoms with Crippen LogP contribution in [0.4, 0.5) is 0 Å². The number of carbonyl (C=O) groups is 1.